The van der Waals surface area contributed by atoms with Crippen LogP contribution in [0.1, 0.15) is 22.6 Å². The molecule has 3 aromatic rings. The van der Waals surface area contributed by atoms with Crippen molar-refractivity contribution in [1.29, 1.82) is 0 Å². The fourth-order valence-corrected chi connectivity index (χ4v) is 4.06. The van der Waals surface area contributed by atoms with Gasteiger partial charge < -0.3 is 9.32 Å². The van der Waals surface area contributed by atoms with E-state index in [-0.39, 0.29) is 9.92 Å². The molecule has 0 aliphatic carbocycles. The summed E-state index contributed by atoms with van der Waals surface area (Å²) in [7, 11) is -3.66. The molecule has 0 bridgehead atoms. The third-order valence-corrected chi connectivity index (χ3v) is 5.86. The Morgan fingerprint density at radius 1 is 1.15 bits per heavy atom. The highest BCUT2D eigenvalue weighted by atomic mass is 32.2. The van der Waals surface area contributed by atoms with E-state index in [0.29, 0.717) is 18.8 Å². The number of sulfone groups is 1. The van der Waals surface area contributed by atoms with Crippen LogP contribution in [-0.4, -0.2) is 23.3 Å². The lowest BCUT2D eigenvalue weighted by molar-refractivity contribution is 0.319. The van der Waals surface area contributed by atoms with Crippen LogP contribution in [0, 0.1) is 6.92 Å². The Morgan fingerprint density at radius 3 is 2.73 bits per heavy atom. The number of furan rings is 1. The molecule has 0 N–H and O–H groups in total. The van der Waals surface area contributed by atoms with Crippen LogP contribution in [0.2, 0.25) is 0 Å². The topological polar surface area (TPSA) is 76.3 Å². The van der Waals surface area contributed by atoms with Gasteiger partial charge in [0.1, 0.15) is 5.76 Å². The molecule has 4 rings (SSSR count). The Kier molecular flexibility index (Phi) is 4.08. The van der Waals surface area contributed by atoms with Gasteiger partial charge in [0, 0.05) is 24.5 Å². The number of rotatable bonds is 4. The van der Waals surface area contributed by atoms with Gasteiger partial charge in [0.15, 0.2) is 5.03 Å². The molecule has 1 aliphatic rings. The summed E-state index contributed by atoms with van der Waals surface area (Å²) in [4.78, 5) is 10.3. The lowest BCUT2D eigenvalue weighted by Gasteiger charge is -2.22. The molecule has 2 aromatic heterocycles. The van der Waals surface area contributed by atoms with E-state index < -0.39 is 9.84 Å². The number of fused-ring (bicyclic) bond motifs is 1. The number of nitrogens with zero attached hydrogens (tertiary/aromatic N) is 3. The summed E-state index contributed by atoms with van der Waals surface area (Å²) in [6.45, 7) is 3.07. The second kappa shape index (κ2) is 6.42. The van der Waals surface area contributed by atoms with Crippen molar-refractivity contribution in [2.24, 2.45) is 0 Å². The first-order chi connectivity index (χ1) is 12.5. The van der Waals surface area contributed by atoms with Crippen molar-refractivity contribution in [2.75, 3.05) is 0 Å². The van der Waals surface area contributed by atoms with E-state index in [2.05, 4.69) is 14.9 Å². The van der Waals surface area contributed by atoms with Crippen LogP contribution >= 0.6 is 0 Å². The molecule has 1 aromatic carbocycles. The van der Waals surface area contributed by atoms with Crippen molar-refractivity contribution in [3.63, 3.8) is 0 Å². The van der Waals surface area contributed by atoms with Crippen LogP contribution in [0.25, 0.3) is 6.08 Å². The Bertz CT molecular complexity index is 1070. The van der Waals surface area contributed by atoms with Crippen LogP contribution in [0.4, 0.5) is 0 Å². The van der Waals surface area contributed by atoms with E-state index in [1.807, 2.05) is 30.5 Å². The summed E-state index contributed by atoms with van der Waals surface area (Å²) < 4.78 is 30.8. The highest BCUT2D eigenvalue weighted by Crippen LogP contribution is 2.23. The predicted octanol–water partition coefficient (Wildman–Crippen LogP) is 3.20. The first-order valence-corrected chi connectivity index (χ1v) is 9.62. The third kappa shape index (κ3) is 3.13. The fraction of sp³-hybridized carbons (Fsp3) is 0.158. The molecule has 0 atom stereocenters. The SMILES string of the molecule is Cc1cncc(S(=O)(=O)c2ccc(CN3C=Cc4ccoc4C3)cc2)n1. The molecule has 0 spiro atoms. The van der Waals surface area contributed by atoms with Crippen LogP contribution in [0.15, 0.2) is 69.5 Å². The number of hydrogen-bond acceptors (Lipinski definition) is 6. The molecule has 1 aliphatic heterocycles. The highest BCUT2D eigenvalue weighted by molar-refractivity contribution is 7.91. The molecule has 0 fully saturated rings. The predicted molar refractivity (Wildman–Crippen MR) is 95.7 cm³/mol. The average Bonchev–Trinajstić information content (AvgIpc) is 3.10. The molecule has 0 amide bonds. The number of hydrogen-bond donors (Lipinski definition) is 0. The maximum absolute atomic E-state index is 12.7. The molecule has 0 radical (unpaired) electrons. The van der Waals surface area contributed by atoms with Gasteiger partial charge in [0.2, 0.25) is 9.84 Å². The Hall–Kier alpha value is -2.93. The molecule has 6 nitrogen and oxygen atoms in total. The maximum atomic E-state index is 12.7. The smallest absolute Gasteiger partial charge is 0.225 e. The normalized spacial score (nSPS) is 13.7. The minimum absolute atomic E-state index is 0.0328. The second-order valence-corrected chi connectivity index (χ2v) is 8.06. The molecule has 26 heavy (non-hydrogen) atoms. The van der Waals surface area contributed by atoms with Crippen LogP contribution in [0.5, 0.6) is 0 Å². The molecule has 132 valence electrons. The van der Waals surface area contributed by atoms with E-state index >= 15 is 0 Å². The van der Waals surface area contributed by atoms with Gasteiger partial charge in [-0.15, -0.1) is 0 Å². The monoisotopic (exact) mass is 367 g/mol. The van der Waals surface area contributed by atoms with Gasteiger partial charge in [0.05, 0.1) is 29.6 Å². The quantitative estimate of drug-likeness (QED) is 0.705. The molecule has 0 unspecified atom stereocenters. The first kappa shape index (κ1) is 16.5. The van der Waals surface area contributed by atoms with Crippen molar-refractivity contribution in [3.05, 3.63) is 77.8 Å². The summed E-state index contributed by atoms with van der Waals surface area (Å²) in [5.74, 6) is 0.935. The number of aryl methyl sites for hydroxylation is 1. The van der Waals surface area contributed by atoms with Crippen molar-refractivity contribution < 1.29 is 12.8 Å². The Morgan fingerprint density at radius 2 is 1.96 bits per heavy atom. The number of benzene rings is 1. The Labute approximate surface area is 151 Å². The summed E-state index contributed by atoms with van der Waals surface area (Å²) in [6, 6.07) is 8.81. The van der Waals surface area contributed by atoms with E-state index in [1.165, 1.54) is 12.4 Å². The molecular weight excluding hydrogens is 350 g/mol. The zero-order chi connectivity index (χ0) is 18.1. The lowest BCUT2D eigenvalue weighted by atomic mass is 10.1. The summed E-state index contributed by atoms with van der Waals surface area (Å²) in [5.41, 5.74) is 2.68. The minimum atomic E-state index is -3.66. The summed E-state index contributed by atoms with van der Waals surface area (Å²) >= 11 is 0. The highest BCUT2D eigenvalue weighted by Gasteiger charge is 2.20. The van der Waals surface area contributed by atoms with Crippen LogP contribution in [0.3, 0.4) is 0 Å². The van der Waals surface area contributed by atoms with E-state index in [9.17, 15) is 8.42 Å². The van der Waals surface area contributed by atoms with Gasteiger partial charge in [-0.05, 0) is 36.8 Å². The van der Waals surface area contributed by atoms with E-state index in [1.54, 1.807) is 25.3 Å². The van der Waals surface area contributed by atoms with Gasteiger partial charge in [-0.1, -0.05) is 12.1 Å². The van der Waals surface area contributed by atoms with E-state index in [4.69, 9.17) is 4.42 Å². The van der Waals surface area contributed by atoms with Gasteiger partial charge >= 0.3 is 0 Å². The summed E-state index contributed by atoms with van der Waals surface area (Å²) in [5, 5.41) is -0.0328. The van der Waals surface area contributed by atoms with Gasteiger partial charge in [-0.25, -0.2) is 13.4 Å². The first-order valence-electron chi connectivity index (χ1n) is 8.14. The molecular formula is C19H17N3O3S. The zero-order valence-corrected chi connectivity index (χ0v) is 15.0. The largest absolute Gasteiger partial charge is 0.467 e. The van der Waals surface area contributed by atoms with Crippen molar-refractivity contribution in [1.82, 2.24) is 14.9 Å². The average molecular weight is 367 g/mol. The standard InChI is InChI=1S/C19H17N3O3S/c1-14-10-20-11-19(21-14)26(23,24)17-4-2-15(3-5-17)12-22-8-6-16-7-9-25-18(16)13-22/h2-11H,12-13H2,1H3. The van der Waals surface area contributed by atoms with Crippen molar-refractivity contribution in [2.45, 2.75) is 29.9 Å². The summed E-state index contributed by atoms with van der Waals surface area (Å²) in [6.07, 6.45) is 8.52. The van der Waals surface area contributed by atoms with Crippen LogP contribution in [-0.2, 0) is 22.9 Å². The molecule has 0 saturated carbocycles. The second-order valence-electron chi connectivity index (χ2n) is 6.17. The molecule has 3 heterocycles. The van der Waals surface area contributed by atoms with E-state index in [0.717, 1.165) is 16.9 Å². The maximum Gasteiger partial charge on any atom is 0.225 e. The van der Waals surface area contributed by atoms with Gasteiger partial charge in [-0.3, -0.25) is 4.98 Å². The zero-order valence-electron chi connectivity index (χ0n) is 14.2. The fourth-order valence-electron chi connectivity index (χ4n) is 2.86. The Balaban J connectivity index is 1.52. The van der Waals surface area contributed by atoms with Crippen molar-refractivity contribution >= 4 is 15.9 Å². The van der Waals surface area contributed by atoms with Gasteiger partial charge in [-0.2, -0.15) is 0 Å². The molecule has 0 saturated heterocycles. The third-order valence-electron chi connectivity index (χ3n) is 4.22. The van der Waals surface area contributed by atoms with Crippen molar-refractivity contribution in [3.8, 4) is 0 Å². The van der Waals surface area contributed by atoms with Crippen LogP contribution < -0.4 is 0 Å². The van der Waals surface area contributed by atoms with Gasteiger partial charge in [0.25, 0.3) is 0 Å². The lowest BCUT2D eigenvalue weighted by Crippen LogP contribution is -2.18. The number of aromatic nitrogens is 2. The minimum Gasteiger partial charge on any atom is -0.467 e. The molecule has 7 heteroatoms.